The number of amides is 1. The van der Waals surface area contributed by atoms with Gasteiger partial charge in [-0.05, 0) is 37.0 Å². The van der Waals surface area contributed by atoms with Gasteiger partial charge in [-0.25, -0.2) is 4.79 Å². The number of benzene rings is 1. The molecule has 25 heavy (non-hydrogen) atoms. The van der Waals surface area contributed by atoms with Crippen LogP contribution >= 0.6 is 15.9 Å². The lowest BCUT2D eigenvalue weighted by Crippen LogP contribution is -2.50. The van der Waals surface area contributed by atoms with Crippen LogP contribution in [0.5, 0.6) is 0 Å². The highest BCUT2D eigenvalue weighted by atomic mass is 79.9. The van der Waals surface area contributed by atoms with Crippen molar-refractivity contribution >= 4 is 28.0 Å². The number of rotatable bonds is 3. The topological polar surface area (TPSA) is 66.0 Å². The molecule has 1 aromatic carbocycles. The fourth-order valence-electron chi connectivity index (χ4n) is 3.31. The van der Waals surface area contributed by atoms with Gasteiger partial charge in [0.05, 0.1) is 7.11 Å². The van der Waals surface area contributed by atoms with E-state index in [1.165, 1.54) is 12.7 Å². The van der Waals surface area contributed by atoms with E-state index in [-0.39, 0.29) is 6.09 Å². The van der Waals surface area contributed by atoms with Crippen LogP contribution in [-0.2, 0) is 4.74 Å². The van der Waals surface area contributed by atoms with E-state index < -0.39 is 0 Å². The van der Waals surface area contributed by atoms with Gasteiger partial charge in [0.1, 0.15) is 0 Å². The molecule has 1 heterocycles. The maximum atomic E-state index is 11.5. The molecule has 0 radical (unpaired) electrons. The number of hydrogen-bond donors (Lipinski definition) is 2. The molecule has 0 bridgehead atoms. The Bertz CT molecular complexity index is 626. The zero-order chi connectivity index (χ0) is 17.8. The van der Waals surface area contributed by atoms with E-state index in [9.17, 15) is 4.79 Å². The first-order chi connectivity index (χ1) is 12.1. The van der Waals surface area contributed by atoms with Crippen molar-refractivity contribution in [1.82, 2.24) is 15.5 Å². The first-order valence-corrected chi connectivity index (χ1v) is 9.48. The van der Waals surface area contributed by atoms with Gasteiger partial charge in [-0.1, -0.05) is 28.1 Å². The summed E-state index contributed by atoms with van der Waals surface area (Å²) in [5, 5.41) is 7.01. The van der Waals surface area contributed by atoms with Crippen LogP contribution in [0.1, 0.15) is 30.7 Å². The highest BCUT2D eigenvalue weighted by molar-refractivity contribution is 9.10. The maximum absolute atomic E-state index is 11.5. The molecule has 2 aliphatic rings. The van der Waals surface area contributed by atoms with Crippen LogP contribution in [0.25, 0.3) is 0 Å². The highest BCUT2D eigenvalue weighted by Crippen LogP contribution is 2.41. The number of halogens is 1. The second-order valence-corrected chi connectivity index (χ2v) is 7.51. The van der Waals surface area contributed by atoms with Gasteiger partial charge in [0.2, 0.25) is 0 Å². The summed E-state index contributed by atoms with van der Waals surface area (Å²) in [5.74, 6) is 1.40. The van der Waals surface area contributed by atoms with Gasteiger partial charge in [0, 0.05) is 42.6 Å². The van der Waals surface area contributed by atoms with Crippen molar-refractivity contribution in [2.75, 3.05) is 27.2 Å². The summed E-state index contributed by atoms with van der Waals surface area (Å²) in [6.07, 6.45) is 2.69. The zero-order valence-corrected chi connectivity index (χ0v) is 16.3. The highest BCUT2D eigenvalue weighted by Gasteiger charge is 2.39. The molecule has 2 fully saturated rings. The van der Waals surface area contributed by atoms with Crippen molar-refractivity contribution in [3.05, 3.63) is 34.3 Å². The molecule has 2 unspecified atom stereocenters. The maximum Gasteiger partial charge on any atom is 0.409 e. The molecule has 7 heteroatoms. The Morgan fingerprint density at radius 3 is 2.52 bits per heavy atom. The molecule has 0 spiro atoms. The SMILES string of the molecule is CN=C(NC1CCN(C(=O)OC)CC1)NC1CC1c1ccc(Br)cc1. The third-order valence-corrected chi connectivity index (χ3v) is 5.43. The second kappa shape index (κ2) is 8.08. The van der Waals surface area contributed by atoms with Crippen LogP contribution in [0.15, 0.2) is 33.7 Å². The Kier molecular flexibility index (Phi) is 5.83. The van der Waals surface area contributed by atoms with Crippen LogP contribution in [0, 0.1) is 0 Å². The quantitative estimate of drug-likeness (QED) is 0.595. The predicted octanol–water partition coefficient (Wildman–Crippen LogP) is 2.70. The van der Waals surface area contributed by atoms with Crippen LogP contribution in [-0.4, -0.2) is 56.3 Å². The minimum atomic E-state index is -0.240. The van der Waals surface area contributed by atoms with E-state index in [1.807, 2.05) is 0 Å². The van der Waals surface area contributed by atoms with E-state index in [1.54, 1.807) is 11.9 Å². The van der Waals surface area contributed by atoms with Gasteiger partial charge in [0.15, 0.2) is 5.96 Å². The third-order valence-electron chi connectivity index (χ3n) is 4.90. The third kappa shape index (κ3) is 4.66. The van der Waals surface area contributed by atoms with E-state index in [4.69, 9.17) is 4.74 Å². The average molecular weight is 409 g/mol. The monoisotopic (exact) mass is 408 g/mol. The summed E-state index contributed by atoms with van der Waals surface area (Å²) in [5.41, 5.74) is 1.36. The van der Waals surface area contributed by atoms with E-state index >= 15 is 0 Å². The normalized spacial score (nSPS) is 24.0. The molecule has 2 N–H and O–H groups in total. The van der Waals surface area contributed by atoms with Gasteiger partial charge >= 0.3 is 6.09 Å². The van der Waals surface area contributed by atoms with Crippen molar-refractivity contribution in [3.8, 4) is 0 Å². The van der Waals surface area contributed by atoms with Crippen molar-refractivity contribution in [1.29, 1.82) is 0 Å². The number of piperidine rings is 1. The van der Waals surface area contributed by atoms with Crippen molar-refractivity contribution in [2.45, 2.75) is 37.3 Å². The van der Waals surface area contributed by atoms with Crippen LogP contribution in [0.2, 0.25) is 0 Å². The lowest BCUT2D eigenvalue weighted by Gasteiger charge is -2.32. The number of guanidine groups is 1. The van der Waals surface area contributed by atoms with Crippen molar-refractivity contribution in [3.63, 3.8) is 0 Å². The molecule has 6 nitrogen and oxygen atoms in total. The number of likely N-dealkylation sites (tertiary alicyclic amines) is 1. The number of methoxy groups -OCH3 is 1. The molecule has 1 aliphatic carbocycles. The lowest BCUT2D eigenvalue weighted by atomic mass is 10.1. The fraction of sp³-hybridized carbons (Fsp3) is 0.556. The second-order valence-electron chi connectivity index (χ2n) is 6.59. The molecular formula is C18H25BrN4O2. The molecule has 0 aromatic heterocycles. The Balaban J connectivity index is 1.45. The van der Waals surface area contributed by atoms with Crippen molar-refractivity contribution in [2.24, 2.45) is 4.99 Å². The molecule has 1 aliphatic heterocycles. The van der Waals surface area contributed by atoms with Crippen molar-refractivity contribution < 1.29 is 9.53 Å². The number of nitrogens with one attached hydrogen (secondary N) is 2. The van der Waals surface area contributed by atoms with Gasteiger partial charge < -0.3 is 20.3 Å². The summed E-state index contributed by atoms with van der Waals surface area (Å²) in [7, 11) is 3.23. The summed E-state index contributed by atoms with van der Waals surface area (Å²) in [6, 6.07) is 9.30. The molecule has 1 saturated heterocycles. The zero-order valence-electron chi connectivity index (χ0n) is 14.7. The Labute approximate surface area is 157 Å². The number of hydrogen-bond acceptors (Lipinski definition) is 3. The number of ether oxygens (including phenoxy) is 1. The molecule has 1 aromatic rings. The molecular weight excluding hydrogens is 384 g/mol. The first kappa shape index (κ1) is 18.0. The van der Waals surface area contributed by atoms with E-state index in [2.05, 4.69) is 55.8 Å². The molecule has 136 valence electrons. The summed E-state index contributed by atoms with van der Waals surface area (Å²) in [4.78, 5) is 17.6. The standard InChI is InChI=1S/C18H25BrN4O2/c1-20-17(21-14-7-9-23(10-8-14)18(24)25-2)22-16-11-15(16)12-3-5-13(19)6-4-12/h3-6,14-16H,7-11H2,1-2H3,(H2,20,21,22). The number of nitrogens with zero attached hydrogens (tertiary/aromatic N) is 2. The number of carbonyl (C=O) groups is 1. The minimum Gasteiger partial charge on any atom is -0.453 e. The van der Waals surface area contributed by atoms with Crippen LogP contribution in [0.3, 0.4) is 0 Å². The smallest absolute Gasteiger partial charge is 0.409 e. The molecule has 1 amide bonds. The summed E-state index contributed by atoms with van der Waals surface area (Å²) in [6.45, 7) is 1.43. The van der Waals surface area contributed by atoms with Crippen LogP contribution < -0.4 is 10.6 Å². The average Bonchev–Trinajstić information content (AvgIpc) is 3.40. The Morgan fingerprint density at radius 2 is 1.92 bits per heavy atom. The van der Waals surface area contributed by atoms with Gasteiger partial charge in [-0.2, -0.15) is 0 Å². The molecule has 2 atom stereocenters. The van der Waals surface area contributed by atoms with Gasteiger partial charge in [-0.15, -0.1) is 0 Å². The Hall–Kier alpha value is -1.76. The number of aliphatic imine (C=N–C) groups is 1. The number of carbonyl (C=O) groups excluding carboxylic acids is 1. The lowest BCUT2D eigenvalue weighted by molar-refractivity contribution is 0.111. The van der Waals surface area contributed by atoms with Crippen LogP contribution in [0.4, 0.5) is 4.79 Å². The fourth-order valence-corrected chi connectivity index (χ4v) is 3.57. The van der Waals surface area contributed by atoms with E-state index in [0.29, 0.717) is 31.1 Å². The first-order valence-electron chi connectivity index (χ1n) is 8.69. The largest absolute Gasteiger partial charge is 0.453 e. The molecule has 1 saturated carbocycles. The summed E-state index contributed by atoms with van der Waals surface area (Å²) >= 11 is 3.48. The van der Waals surface area contributed by atoms with Gasteiger partial charge in [-0.3, -0.25) is 4.99 Å². The minimum absolute atomic E-state index is 0.240. The van der Waals surface area contributed by atoms with Gasteiger partial charge in [0.25, 0.3) is 0 Å². The Morgan fingerprint density at radius 1 is 1.24 bits per heavy atom. The predicted molar refractivity (Wildman–Crippen MR) is 102 cm³/mol. The van der Waals surface area contributed by atoms with E-state index in [0.717, 1.165) is 29.7 Å². The molecule has 3 rings (SSSR count). The summed E-state index contributed by atoms with van der Waals surface area (Å²) < 4.78 is 5.89.